The minimum atomic E-state index is -1.79. The van der Waals surface area contributed by atoms with Crippen molar-refractivity contribution in [3.8, 4) is 11.5 Å². The summed E-state index contributed by atoms with van der Waals surface area (Å²) in [5.74, 6) is -1.77. The number of carboxylic acids is 1. The van der Waals surface area contributed by atoms with Gasteiger partial charge in [0.25, 0.3) is 0 Å². The van der Waals surface area contributed by atoms with E-state index in [0.29, 0.717) is 0 Å². The number of carboxylic acid groups (broad SMARTS) is 1. The Morgan fingerprint density at radius 2 is 1.86 bits per heavy atom. The summed E-state index contributed by atoms with van der Waals surface area (Å²) in [4.78, 5) is 10.9. The van der Waals surface area contributed by atoms with Gasteiger partial charge in [-0.25, -0.2) is 4.79 Å². The minimum Gasteiger partial charge on any atom is -0.504 e. The van der Waals surface area contributed by atoms with Crippen molar-refractivity contribution in [2.24, 2.45) is 0 Å². The maximum Gasteiger partial charge on any atom is 0.335 e. The molecule has 116 valence electrons. The number of phenolic OH excluding ortho intramolecular Hbond substituents is 1. The second kappa shape index (κ2) is 5.86. The van der Waals surface area contributed by atoms with E-state index in [0.717, 1.165) is 5.56 Å². The number of aryl methyl sites for hydroxylation is 1. The Labute approximate surface area is 119 Å². The highest BCUT2D eigenvalue weighted by molar-refractivity contribution is 5.73. The van der Waals surface area contributed by atoms with Gasteiger partial charge in [-0.2, -0.15) is 0 Å². The number of hydrogen-bond donors (Lipinski definition) is 5. The third-order valence-corrected chi connectivity index (χ3v) is 3.17. The Hall–Kier alpha value is -1.87. The summed E-state index contributed by atoms with van der Waals surface area (Å²) in [5, 5.41) is 47.6. The van der Waals surface area contributed by atoms with Gasteiger partial charge in [0.15, 0.2) is 17.6 Å². The zero-order valence-electron chi connectivity index (χ0n) is 11.1. The highest BCUT2D eigenvalue weighted by atomic mass is 16.7. The summed E-state index contributed by atoms with van der Waals surface area (Å²) >= 11 is 0. The molecule has 0 bridgehead atoms. The number of carbonyl (C=O) groups is 1. The molecule has 8 nitrogen and oxygen atoms in total. The van der Waals surface area contributed by atoms with Gasteiger partial charge in [0.1, 0.15) is 18.3 Å². The topological polar surface area (TPSA) is 137 Å². The Morgan fingerprint density at radius 1 is 1.19 bits per heavy atom. The van der Waals surface area contributed by atoms with Crippen LogP contribution in [0.3, 0.4) is 0 Å². The summed E-state index contributed by atoms with van der Waals surface area (Å²) in [6.07, 6.45) is -8.50. The highest BCUT2D eigenvalue weighted by Crippen LogP contribution is 2.30. The Kier molecular flexibility index (Phi) is 4.33. The number of rotatable bonds is 3. The lowest BCUT2D eigenvalue weighted by Gasteiger charge is -2.38. The van der Waals surface area contributed by atoms with Crippen LogP contribution in [-0.4, -0.2) is 62.2 Å². The number of ether oxygens (including phenoxy) is 2. The number of aliphatic hydroxyl groups is 3. The molecule has 0 saturated carbocycles. The fourth-order valence-electron chi connectivity index (χ4n) is 2.00. The molecular weight excluding hydrogens is 284 g/mol. The molecule has 1 heterocycles. The maximum atomic E-state index is 10.9. The molecule has 1 fully saturated rings. The molecule has 1 aliphatic rings. The Morgan fingerprint density at radius 3 is 2.43 bits per heavy atom. The monoisotopic (exact) mass is 300 g/mol. The maximum absolute atomic E-state index is 10.9. The van der Waals surface area contributed by atoms with Crippen molar-refractivity contribution in [2.45, 2.75) is 37.6 Å². The quantitative estimate of drug-likeness (QED) is 0.478. The van der Waals surface area contributed by atoms with E-state index in [1.165, 1.54) is 12.1 Å². The van der Waals surface area contributed by atoms with Crippen LogP contribution >= 0.6 is 0 Å². The number of aromatic hydroxyl groups is 1. The Bertz CT molecular complexity index is 531. The SMILES string of the molecule is Cc1ccc(O[C@H]2O[C@@H](C(=O)O)C(O)[C@@H](O)C2O)c(O)c1. The van der Waals surface area contributed by atoms with Crippen molar-refractivity contribution in [1.82, 2.24) is 0 Å². The van der Waals surface area contributed by atoms with Gasteiger partial charge in [0, 0.05) is 0 Å². The highest BCUT2D eigenvalue weighted by Gasteiger charge is 2.48. The van der Waals surface area contributed by atoms with Gasteiger partial charge in [-0.1, -0.05) is 6.07 Å². The van der Waals surface area contributed by atoms with E-state index >= 15 is 0 Å². The first-order valence-electron chi connectivity index (χ1n) is 6.20. The molecule has 0 amide bonds. The number of aliphatic hydroxyl groups excluding tert-OH is 3. The molecule has 0 aromatic heterocycles. The predicted octanol–water partition coefficient (Wildman–Crippen LogP) is -1.03. The van der Waals surface area contributed by atoms with E-state index in [2.05, 4.69) is 0 Å². The van der Waals surface area contributed by atoms with Crippen molar-refractivity contribution >= 4 is 5.97 Å². The zero-order valence-corrected chi connectivity index (χ0v) is 11.1. The van der Waals surface area contributed by atoms with E-state index in [-0.39, 0.29) is 11.5 Å². The first kappa shape index (κ1) is 15.5. The van der Waals surface area contributed by atoms with Crippen LogP contribution in [0.25, 0.3) is 0 Å². The average Bonchev–Trinajstić information content (AvgIpc) is 2.41. The van der Waals surface area contributed by atoms with Gasteiger partial charge in [-0.3, -0.25) is 0 Å². The molecule has 0 spiro atoms. The van der Waals surface area contributed by atoms with Crippen LogP contribution in [0.1, 0.15) is 5.56 Å². The predicted molar refractivity (Wildman–Crippen MR) is 67.8 cm³/mol. The lowest BCUT2D eigenvalue weighted by molar-refractivity contribution is -0.271. The first-order valence-corrected chi connectivity index (χ1v) is 6.20. The van der Waals surface area contributed by atoms with Gasteiger partial charge in [-0.15, -0.1) is 0 Å². The lowest BCUT2D eigenvalue weighted by atomic mass is 9.99. The molecule has 8 heteroatoms. The van der Waals surface area contributed by atoms with Crippen molar-refractivity contribution in [3.05, 3.63) is 23.8 Å². The summed E-state index contributed by atoms with van der Waals surface area (Å²) in [6, 6.07) is 4.45. The second-order valence-electron chi connectivity index (χ2n) is 4.82. The number of phenols is 1. The third kappa shape index (κ3) is 3.08. The van der Waals surface area contributed by atoms with Crippen LogP contribution in [0.4, 0.5) is 0 Å². The van der Waals surface area contributed by atoms with E-state index in [1.807, 2.05) is 0 Å². The second-order valence-corrected chi connectivity index (χ2v) is 4.82. The fourth-order valence-corrected chi connectivity index (χ4v) is 2.00. The number of benzene rings is 1. The molecule has 1 aromatic rings. The van der Waals surface area contributed by atoms with Crippen molar-refractivity contribution in [3.63, 3.8) is 0 Å². The van der Waals surface area contributed by atoms with E-state index in [1.54, 1.807) is 13.0 Å². The molecule has 0 aliphatic carbocycles. The van der Waals surface area contributed by atoms with Gasteiger partial charge in [0.2, 0.25) is 6.29 Å². The van der Waals surface area contributed by atoms with Crippen molar-refractivity contribution in [1.29, 1.82) is 0 Å². The van der Waals surface area contributed by atoms with Crippen LogP contribution in [0.5, 0.6) is 11.5 Å². The smallest absolute Gasteiger partial charge is 0.335 e. The van der Waals surface area contributed by atoms with Crippen LogP contribution < -0.4 is 4.74 Å². The lowest BCUT2D eigenvalue weighted by Crippen LogP contribution is -2.61. The standard InChI is InChI=1S/C13H16O8/c1-5-2-3-7(6(14)4-5)20-13-10(17)8(15)9(16)11(21-13)12(18)19/h2-4,8-11,13-17H,1H3,(H,18,19)/t8-,9?,10?,11-,13+/m1/s1. The van der Waals surface area contributed by atoms with Gasteiger partial charge in [-0.05, 0) is 24.6 Å². The van der Waals surface area contributed by atoms with Crippen LogP contribution in [0.2, 0.25) is 0 Å². The summed E-state index contributed by atoms with van der Waals surface area (Å²) in [7, 11) is 0. The van der Waals surface area contributed by atoms with E-state index < -0.39 is 36.7 Å². The van der Waals surface area contributed by atoms with Crippen molar-refractivity contribution < 1.29 is 39.8 Å². The summed E-state index contributed by atoms with van der Waals surface area (Å²) in [5.41, 5.74) is 0.767. The first-order chi connectivity index (χ1) is 9.81. The van der Waals surface area contributed by atoms with Crippen LogP contribution in [0.15, 0.2) is 18.2 Å². The van der Waals surface area contributed by atoms with Crippen molar-refractivity contribution in [2.75, 3.05) is 0 Å². The zero-order chi connectivity index (χ0) is 15.7. The molecule has 5 N–H and O–H groups in total. The average molecular weight is 300 g/mol. The molecule has 1 aliphatic heterocycles. The molecule has 21 heavy (non-hydrogen) atoms. The largest absolute Gasteiger partial charge is 0.504 e. The molecule has 2 unspecified atom stereocenters. The van der Waals surface area contributed by atoms with E-state index in [4.69, 9.17) is 14.6 Å². The molecular formula is C13H16O8. The number of hydrogen-bond acceptors (Lipinski definition) is 7. The van der Waals surface area contributed by atoms with Gasteiger partial charge >= 0.3 is 5.97 Å². The Balaban J connectivity index is 2.20. The summed E-state index contributed by atoms with van der Waals surface area (Å²) in [6.45, 7) is 1.75. The number of aliphatic carboxylic acids is 1. The molecule has 0 radical (unpaired) electrons. The summed E-state index contributed by atoms with van der Waals surface area (Å²) < 4.78 is 10.1. The fraction of sp³-hybridized carbons (Fsp3) is 0.462. The van der Waals surface area contributed by atoms with Crippen LogP contribution in [-0.2, 0) is 9.53 Å². The normalized spacial score (nSPS) is 32.7. The van der Waals surface area contributed by atoms with E-state index in [9.17, 15) is 25.2 Å². The molecule has 2 rings (SSSR count). The molecule has 1 aromatic carbocycles. The van der Waals surface area contributed by atoms with Gasteiger partial charge in [0.05, 0.1) is 0 Å². The van der Waals surface area contributed by atoms with Gasteiger partial charge < -0.3 is 35.0 Å². The molecule has 1 saturated heterocycles. The van der Waals surface area contributed by atoms with Crippen LogP contribution in [0, 0.1) is 6.92 Å². The minimum absolute atomic E-state index is 0.0441. The third-order valence-electron chi connectivity index (χ3n) is 3.17. The molecule has 5 atom stereocenters.